The second kappa shape index (κ2) is 6.68. The first-order valence-electron chi connectivity index (χ1n) is 8.14. The van der Waals surface area contributed by atoms with E-state index in [0.717, 1.165) is 30.5 Å². The van der Waals surface area contributed by atoms with Crippen molar-refractivity contribution in [2.24, 2.45) is 0 Å². The van der Waals surface area contributed by atoms with Gasteiger partial charge in [-0.05, 0) is 29.7 Å². The van der Waals surface area contributed by atoms with Gasteiger partial charge in [0, 0.05) is 17.4 Å². The third-order valence-corrected chi connectivity index (χ3v) is 4.61. The molecule has 2 aromatic rings. The summed E-state index contributed by atoms with van der Waals surface area (Å²) in [7, 11) is 0. The van der Waals surface area contributed by atoms with E-state index in [9.17, 15) is 13.2 Å². The van der Waals surface area contributed by atoms with E-state index in [1.54, 1.807) is 6.08 Å². The molecular formula is C21H19F3. The van der Waals surface area contributed by atoms with Crippen molar-refractivity contribution in [2.45, 2.75) is 31.6 Å². The summed E-state index contributed by atoms with van der Waals surface area (Å²) in [6.07, 6.45) is 5.69. The maximum absolute atomic E-state index is 14.9. The molecule has 0 radical (unpaired) electrons. The van der Waals surface area contributed by atoms with Crippen LogP contribution in [0.4, 0.5) is 13.2 Å². The van der Waals surface area contributed by atoms with E-state index in [2.05, 4.69) is 6.92 Å². The van der Waals surface area contributed by atoms with Gasteiger partial charge in [0.05, 0.1) is 0 Å². The second-order valence-corrected chi connectivity index (χ2v) is 6.23. The Labute approximate surface area is 140 Å². The molecule has 124 valence electrons. The minimum absolute atomic E-state index is 0.232. The van der Waals surface area contributed by atoms with E-state index in [-0.39, 0.29) is 17.7 Å². The van der Waals surface area contributed by atoms with Gasteiger partial charge >= 0.3 is 0 Å². The average Bonchev–Trinajstić information content (AvgIpc) is 2.59. The summed E-state index contributed by atoms with van der Waals surface area (Å²) >= 11 is 0. The first kappa shape index (κ1) is 16.6. The van der Waals surface area contributed by atoms with Gasteiger partial charge in [-0.25, -0.2) is 13.2 Å². The Morgan fingerprint density at radius 3 is 2.33 bits per heavy atom. The summed E-state index contributed by atoms with van der Waals surface area (Å²) in [6, 6.07) is 13.3. The Balaban J connectivity index is 1.99. The first-order chi connectivity index (χ1) is 11.6. The lowest BCUT2D eigenvalue weighted by Crippen LogP contribution is -2.26. The van der Waals surface area contributed by atoms with Crippen LogP contribution in [-0.4, -0.2) is 0 Å². The van der Waals surface area contributed by atoms with Crippen LogP contribution < -0.4 is 0 Å². The van der Waals surface area contributed by atoms with Gasteiger partial charge in [0.25, 0.3) is 0 Å². The molecule has 2 aromatic carbocycles. The van der Waals surface area contributed by atoms with Gasteiger partial charge in [-0.2, -0.15) is 0 Å². The molecule has 1 aliphatic carbocycles. The summed E-state index contributed by atoms with van der Waals surface area (Å²) in [5, 5.41) is 0. The summed E-state index contributed by atoms with van der Waals surface area (Å²) in [4.78, 5) is 0. The largest absolute Gasteiger partial charge is 0.211 e. The molecule has 1 unspecified atom stereocenters. The Bertz CT molecular complexity index is 790. The predicted octanol–water partition coefficient (Wildman–Crippen LogP) is 6.34. The second-order valence-electron chi connectivity index (χ2n) is 6.23. The smallest absolute Gasteiger partial charge is 0.159 e. The van der Waals surface area contributed by atoms with Crippen LogP contribution in [0.15, 0.2) is 66.5 Å². The molecule has 0 aliphatic heterocycles. The van der Waals surface area contributed by atoms with Crippen molar-refractivity contribution in [3.63, 3.8) is 0 Å². The molecule has 0 aromatic heterocycles. The Kier molecular flexibility index (Phi) is 4.61. The van der Waals surface area contributed by atoms with E-state index in [1.807, 2.05) is 36.4 Å². The van der Waals surface area contributed by atoms with E-state index in [4.69, 9.17) is 0 Å². The van der Waals surface area contributed by atoms with Crippen molar-refractivity contribution in [1.82, 2.24) is 0 Å². The number of benzene rings is 2. The number of hydrogen-bond acceptors (Lipinski definition) is 0. The molecule has 1 aliphatic rings. The molecule has 3 rings (SSSR count). The zero-order valence-electron chi connectivity index (χ0n) is 13.5. The summed E-state index contributed by atoms with van der Waals surface area (Å²) in [5.41, 5.74) is 1.38. The zero-order chi connectivity index (χ0) is 17.2. The van der Waals surface area contributed by atoms with Crippen molar-refractivity contribution in [3.8, 4) is 0 Å². The molecule has 0 spiro atoms. The van der Waals surface area contributed by atoms with Crippen molar-refractivity contribution in [2.75, 3.05) is 0 Å². The summed E-state index contributed by atoms with van der Waals surface area (Å²) in [6.45, 7) is 2.07. The molecule has 0 amide bonds. The monoisotopic (exact) mass is 328 g/mol. The van der Waals surface area contributed by atoms with Gasteiger partial charge in [-0.1, -0.05) is 61.9 Å². The van der Waals surface area contributed by atoms with E-state index in [0.29, 0.717) is 11.1 Å². The number of halogens is 3. The quantitative estimate of drug-likeness (QED) is 0.614. The molecule has 3 heteroatoms. The van der Waals surface area contributed by atoms with Gasteiger partial charge in [0.15, 0.2) is 11.6 Å². The maximum atomic E-state index is 14.9. The highest BCUT2D eigenvalue weighted by Crippen LogP contribution is 2.43. The molecule has 0 fully saturated rings. The average molecular weight is 328 g/mol. The fourth-order valence-corrected chi connectivity index (χ4v) is 3.41. The molecule has 0 N–H and O–H groups in total. The summed E-state index contributed by atoms with van der Waals surface area (Å²) in [5.74, 6) is -2.18. The molecule has 0 nitrogen and oxygen atoms in total. The van der Waals surface area contributed by atoms with Crippen LogP contribution in [0.2, 0.25) is 0 Å². The number of rotatable bonds is 4. The number of hydrogen-bond donors (Lipinski definition) is 0. The Morgan fingerprint density at radius 2 is 1.71 bits per heavy atom. The van der Waals surface area contributed by atoms with Crippen molar-refractivity contribution >= 4 is 5.57 Å². The molecule has 0 saturated heterocycles. The first-order valence-corrected chi connectivity index (χ1v) is 8.14. The highest BCUT2D eigenvalue weighted by atomic mass is 19.2. The van der Waals surface area contributed by atoms with E-state index >= 15 is 0 Å². The molecule has 1 atom stereocenters. The van der Waals surface area contributed by atoms with Gasteiger partial charge in [-0.15, -0.1) is 0 Å². The zero-order valence-corrected chi connectivity index (χ0v) is 13.5. The highest BCUT2D eigenvalue weighted by molar-refractivity contribution is 5.77. The predicted molar refractivity (Wildman–Crippen MR) is 91.2 cm³/mol. The van der Waals surface area contributed by atoms with Crippen LogP contribution in [0.3, 0.4) is 0 Å². The maximum Gasteiger partial charge on any atom is 0.159 e. The minimum atomic E-state index is -0.963. The van der Waals surface area contributed by atoms with Crippen LogP contribution in [-0.2, 0) is 5.41 Å². The summed E-state index contributed by atoms with van der Waals surface area (Å²) < 4.78 is 41.4. The highest BCUT2D eigenvalue weighted by Gasteiger charge is 2.33. The van der Waals surface area contributed by atoms with Crippen molar-refractivity contribution in [3.05, 3.63) is 89.3 Å². The molecule has 0 heterocycles. The normalized spacial score (nSPS) is 20.5. The lowest BCUT2D eigenvalue weighted by Gasteiger charge is -2.34. The van der Waals surface area contributed by atoms with Crippen LogP contribution in [0.5, 0.6) is 0 Å². The van der Waals surface area contributed by atoms with E-state index in [1.165, 1.54) is 6.07 Å². The van der Waals surface area contributed by atoms with Crippen LogP contribution in [0.1, 0.15) is 37.3 Å². The lowest BCUT2D eigenvalue weighted by molar-refractivity contribution is 0.425. The topological polar surface area (TPSA) is 0 Å². The van der Waals surface area contributed by atoms with Crippen molar-refractivity contribution in [1.29, 1.82) is 0 Å². The van der Waals surface area contributed by atoms with Crippen molar-refractivity contribution < 1.29 is 13.2 Å². The molecular weight excluding hydrogens is 309 g/mol. The van der Waals surface area contributed by atoms with Gasteiger partial charge < -0.3 is 0 Å². The van der Waals surface area contributed by atoms with Gasteiger partial charge in [0.1, 0.15) is 5.83 Å². The van der Waals surface area contributed by atoms with Gasteiger partial charge in [0.2, 0.25) is 0 Å². The number of allylic oxidation sites excluding steroid dienone is 4. The molecule has 24 heavy (non-hydrogen) atoms. The van der Waals surface area contributed by atoms with Crippen LogP contribution >= 0.6 is 0 Å². The molecule has 0 bridgehead atoms. The Hall–Kier alpha value is -2.29. The standard InChI is InChI=1S/C21H19F3/c1-2-11-21(16-6-4-3-5-7-16)12-10-17(20(24)14-21)15-8-9-18(22)19(23)13-15/h3-10,12-13H,2,11,14H2,1H3. The third kappa shape index (κ3) is 3.03. The fourth-order valence-electron chi connectivity index (χ4n) is 3.41. The molecule has 0 saturated carbocycles. The van der Waals surface area contributed by atoms with Gasteiger partial charge in [-0.3, -0.25) is 0 Å². The Morgan fingerprint density at radius 1 is 0.958 bits per heavy atom. The van der Waals surface area contributed by atoms with E-state index < -0.39 is 11.6 Å². The lowest BCUT2D eigenvalue weighted by atomic mass is 9.70. The third-order valence-electron chi connectivity index (χ3n) is 4.61. The van der Waals surface area contributed by atoms with Crippen LogP contribution in [0, 0.1) is 11.6 Å². The SMILES string of the molecule is CCCC1(c2ccccc2)C=CC(c2ccc(F)c(F)c2)=C(F)C1. The van der Waals surface area contributed by atoms with Crippen LogP contribution in [0.25, 0.3) is 5.57 Å². The fraction of sp³-hybridized carbons (Fsp3) is 0.238. The minimum Gasteiger partial charge on any atom is -0.211 e.